The summed E-state index contributed by atoms with van der Waals surface area (Å²) in [6, 6.07) is 5.02. The minimum Gasteiger partial charge on any atom is -0.382 e. The molecule has 4 aliphatic carbocycles. The molecule has 11 heteroatoms. The fourth-order valence-corrected chi connectivity index (χ4v) is 7.99. The van der Waals surface area contributed by atoms with E-state index in [1.165, 1.54) is 18.1 Å². The normalized spacial score (nSPS) is 33.0. The van der Waals surface area contributed by atoms with Gasteiger partial charge >= 0.3 is 21.5 Å². The fourth-order valence-electron chi connectivity index (χ4n) is 7.53. The molecule has 210 valence electrons. The second-order valence-corrected chi connectivity index (χ2v) is 12.7. The highest BCUT2D eigenvalue weighted by molar-refractivity contribution is 7.88. The minimum atomic E-state index is -5.87. The number of halogens is 5. The number of carbonyl (C=O) groups is 1. The van der Waals surface area contributed by atoms with Crippen molar-refractivity contribution < 1.29 is 44.5 Å². The van der Waals surface area contributed by atoms with E-state index in [-0.39, 0.29) is 30.5 Å². The molecule has 0 aliphatic heterocycles. The largest absolute Gasteiger partial charge is 0.534 e. The molecule has 5 nitrogen and oxygen atoms in total. The summed E-state index contributed by atoms with van der Waals surface area (Å²) in [6.45, 7) is 1.63. The SMILES string of the molecule is C#CC(F)(F)[C@]1(O)CC[C@H]2[C@@H]3CCC4=CC(=O)CCC4=C3[C@H](c3ccc(OS(=O)(=O)C(F)(F)F)cc3)C[C@@]21C. The van der Waals surface area contributed by atoms with Gasteiger partial charge in [0.1, 0.15) is 11.4 Å². The van der Waals surface area contributed by atoms with Gasteiger partial charge in [-0.2, -0.15) is 30.4 Å². The zero-order chi connectivity index (χ0) is 28.6. The van der Waals surface area contributed by atoms with Crippen LogP contribution in [0.4, 0.5) is 22.0 Å². The van der Waals surface area contributed by atoms with Crippen LogP contribution in [0.3, 0.4) is 0 Å². The average Bonchev–Trinajstić information content (AvgIpc) is 3.14. The number of carbonyl (C=O) groups excluding carboxylic acids is 1. The molecule has 0 unspecified atom stereocenters. The van der Waals surface area contributed by atoms with E-state index in [1.807, 2.05) is 0 Å². The van der Waals surface area contributed by atoms with Crippen LogP contribution in [-0.2, 0) is 14.9 Å². The smallest absolute Gasteiger partial charge is 0.382 e. The Bertz CT molecular complexity index is 1420. The highest BCUT2D eigenvalue weighted by Gasteiger charge is 2.71. The van der Waals surface area contributed by atoms with E-state index in [9.17, 15) is 31.5 Å². The number of hydrogen-bond acceptors (Lipinski definition) is 5. The Morgan fingerprint density at radius 2 is 1.74 bits per heavy atom. The Morgan fingerprint density at radius 3 is 2.36 bits per heavy atom. The maximum atomic E-state index is 15.1. The van der Waals surface area contributed by atoms with Crippen LogP contribution in [-0.4, -0.2) is 36.3 Å². The average molecular weight is 571 g/mol. The summed E-state index contributed by atoms with van der Waals surface area (Å²) in [4.78, 5) is 12.1. The molecule has 1 aromatic rings. The van der Waals surface area contributed by atoms with Gasteiger partial charge in [0.05, 0.1) is 0 Å². The van der Waals surface area contributed by atoms with Crippen LogP contribution in [0.15, 0.2) is 47.1 Å². The van der Waals surface area contributed by atoms with Crippen molar-refractivity contribution in [1.29, 1.82) is 0 Å². The van der Waals surface area contributed by atoms with E-state index in [0.29, 0.717) is 37.7 Å². The van der Waals surface area contributed by atoms with Crippen LogP contribution in [0.25, 0.3) is 0 Å². The van der Waals surface area contributed by atoms with E-state index in [1.54, 1.807) is 13.0 Å². The van der Waals surface area contributed by atoms with Crippen LogP contribution in [0, 0.1) is 29.6 Å². The van der Waals surface area contributed by atoms with Gasteiger partial charge in [-0.25, -0.2) is 0 Å². The molecule has 39 heavy (non-hydrogen) atoms. The van der Waals surface area contributed by atoms with Crippen LogP contribution in [0.2, 0.25) is 0 Å². The number of alkyl halides is 5. The van der Waals surface area contributed by atoms with E-state index >= 15 is 8.78 Å². The highest BCUT2D eigenvalue weighted by Crippen LogP contribution is 2.69. The van der Waals surface area contributed by atoms with Crippen molar-refractivity contribution in [3.63, 3.8) is 0 Å². The Labute approximate surface area is 223 Å². The molecule has 2 saturated carbocycles. The first-order valence-corrected chi connectivity index (χ1v) is 14.1. The molecule has 1 aromatic carbocycles. The lowest BCUT2D eigenvalue weighted by Crippen LogP contribution is -2.59. The highest BCUT2D eigenvalue weighted by atomic mass is 32.2. The summed E-state index contributed by atoms with van der Waals surface area (Å²) >= 11 is 0. The Hall–Kier alpha value is -2.71. The number of terminal acetylenes is 1. The van der Waals surface area contributed by atoms with Crippen molar-refractivity contribution in [2.24, 2.45) is 17.3 Å². The molecule has 5 rings (SSSR count). The van der Waals surface area contributed by atoms with Gasteiger partial charge in [0.15, 0.2) is 5.78 Å². The molecule has 0 amide bonds. The predicted molar refractivity (Wildman–Crippen MR) is 131 cm³/mol. The summed E-state index contributed by atoms with van der Waals surface area (Å²) in [5.74, 6) is -3.80. The summed E-state index contributed by atoms with van der Waals surface area (Å²) in [7, 11) is -5.87. The van der Waals surface area contributed by atoms with E-state index < -0.39 is 44.2 Å². The number of benzene rings is 1. The molecule has 4 aliphatic rings. The molecule has 0 radical (unpaired) electrons. The zero-order valence-corrected chi connectivity index (χ0v) is 21.8. The summed E-state index contributed by atoms with van der Waals surface area (Å²) < 4.78 is 95.7. The van der Waals surface area contributed by atoms with E-state index in [4.69, 9.17) is 6.42 Å². The molecule has 0 heterocycles. The molecule has 2 fully saturated rings. The molecule has 1 N–H and O–H groups in total. The van der Waals surface area contributed by atoms with Gasteiger partial charge in [-0.05, 0) is 91.2 Å². The third-order valence-electron chi connectivity index (χ3n) is 9.36. The van der Waals surface area contributed by atoms with E-state index in [2.05, 4.69) is 4.18 Å². The quantitative estimate of drug-likeness (QED) is 0.214. The van der Waals surface area contributed by atoms with E-state index in [0.717, 1.165) is 28.9 Å². The van der Waals surface area contributed by atoms with Gasteiger partial charge in [0.2, 0.25) is 0 Å². The predicted octanol–water partition coefficient (Wildman–Crippen LogP) is 5.81. The molecule has 5 atom stereocenters. The first-order valence-electron chi connectivity index (χ1n) is 12.7. The van der Waals surface area contributed by atoms with Crippen LogP contribution in [0.5, 0.6) is 5.75 Å². The number of ketones is 1. The van der Waals surface area contributed by atoms with Gasteiger partial charge < -0.3 is 9.29 Å². The van der Waals surface area contributed by atoms with Crippen molar-refractivity contribution >= 4 is 15.9 Å². The maximum Gasteiger partial charge on any atom is 0.534 e. The lowest BCUT2D eigenvalue weighted by molar-refractivity contribution is -0.209. The van der Waals surface area contributed by atoms with Crippen molar-refractivity contribution in [2.75, 3.05) is 0 Å². The van der Waals surface area contributed by atoms with Crippen LogP contribution >= 0.6 is 0 Å². The molecular weight excluding hydrogens is 543 g/mol. The van der Waals surface area contributed by atoms with Crippen LogP contribution in [0.1, 0.15) is 63.4 Å². The maximum absolute atomic E-state index is 15.1. The van der Waals surface area contributed by atoms with Crippen molar-refractivity contribution in [3.05, 3.63) is 52.6 Å². The first-order chi connectivity index (χ1) is 18.0. The number of hydrogen-bond donors (Lipinski definition) is 1. The fraction of sp³-hybridized carbons (Fsp3) is 0.536. The number of aliphatic hydroxyl groups is 1. The topological polar surface area (TPSA) is 80.7 Å². The Kier molecular flexibility index (Phi) is 6.35. The second-order valence-electron chi connectivity index (χ2n) is 11.2. The monoisotopic (exact) mass is 570 g/mol. The summed E-state index contributed by atoms with van der Waals surface area (Å²) in [6.07, 6.45) is 9.05. The second kappa shape index (κ2) is 8.90. The van der Waals surface area contributed by atoms with Gasteiger partial charge in [-0.15, -0.1) is 6.42 Å². The summed E-state index contributed by atoms with van der Waals surface area (Å²) in [5, 5.41) is 11.5. The molecule has 0 aromatic heterocycles. The third kappa shape index (κ3) is 4.13. The third-order valence-corrected chi connectivity index (χ3v) is 10.3. The Morgan fingerprint density at radius 1 is 1.08 bits per heavy atom. The molecule has 0 saturated heterocycles. The first kappa shape index (κ1) is 27.8. The van der Waals surface area contributed by atoms with Gasteiger partial charge in [-0.1, -0.05) is 24.6 Å². The lowest BCUT2D eigenvalue weighted by Gasteiger charge is -2.55. The van der Waals surface area contributed by atoms with Gasteiger partial charge in [0.25, 0.3) is 0 Å². The molecule has 0 spiro atoms. The lowest BCUT2D eigenvalue weighted by atomic mass is 9.50. The van der Waals surface area contributed by atoms with Gasteiger partial charge in [0, 0.05) is 17.8 Å². The number of rotatable bonds is 4. The van der Waals surface area contributed by atoms with Crippen LogP contribution < -0.4 is 4.18 Å². The summed E-state index contributed by atoms with van der Waals surface area (Å²) in [5.41, 5.74) is -5.90. The Balaban J connectivity index is 1.61. The number of fused-ring (bicyclic) bond motifs is 4. The standard InChI is InChI=1S/C28H27F5O5S/c1-3-27(29,30)26(35)13-12-23-21-10-6-17-14-18(34)7-11-20(17)24(21)22(15-25(23,26)2)16-4-8-19(9-5-16)38-39(36,37)28(31,32)33/h1,4-5,8-9,14,21-23,35H,6-7,10-13,15H2,2H3/t21-,22-,23-,25-,26-/m0/s1. The zero-order valence-electron chi connectivity index (χ0n) is 21.0. The molecular formula is C28H27F5O5S. The van der Waals surface area contributed by atoms with Crippen molar-refractivity contribution in [3.8, 4) is 18.1 Å². The van der Waals surface area contributed by atoms with Gasteiger partial charge in [-0.3, -0.25) is 4.79 Å². The molecule has 0 bridgehead atoms. The minimum absolute atomic E-state index is 0.0151. The van der Waals surface area contributed by atoms with Crippen molar-refractivity contribution in [2.45, 2.75) is 74.8 Å². The van der Waals surface area contributed by atoms with Crippen molar-refractivity contribution in [1.82, 2.24) is 0 Å². The number of allylic oxidation sites excluding steroid dienone is 4.